The second-order valence-corrected chi connectivity index (χ2v) is 6.25. The Morgan fingerprint density at radius 3 is 2.76 bits per heavy atom. The third kappa shape index (κ3) is 6.23. The molecule has 0 saturated heterocycles. The average Bonchev–Trinajstić information content (AvgIpc) is 2.98. The van der Waals surface area contributed by atoms with Gasteiger partial charge in [-0.25, -0.2) is 0 Å². The minimum atomic E-state index is 0.676. The summed E-state index contributed by atoms with van der Waals surface area (Å²) in [5, 5.41) is 7.08. The molecule has 112 valence electrons. The molecule has 0 aliphatic heterocycles. The SMILES string of the molecule is Cc1ccc(NC(=S)NCCCSCc2ccco2)cc1. The van der Waals surface area contributed by atoms with Crippen LogP contribution in [0.15, 0.2) is 47.1 Å². The zero-order chi connectivity index (χ0) is 14.9. The minimum absolute atomic E-state index is 0.676. The third-order valence-electron chi connectivity index (χ3n) is 2.88. The van der Waals surface area contributed by atoms with Crippen molar-refractivity contribution in [2.24, 2.45) is 0 Å². The summed E-state index contributed by atoms with van der Waals surface area (Å²) >= 11 is 7.14. The van der Waals surface area contributed by atoms with Crippen LogP contribution in [0.4, 0.5) is 5.69 Å². The highest BCUT2D eigenvalue weighted by molar-refractivity contribution is 7.98. The van der Waals surface area contributed by atoms with Crippen molar-refractivity contribution < 1.29 is 4.42 Å². The molecule has 2 rings (SSSR count). The van der Waals surface area contributed by atoms with Crippen molar-refractivity contribution in [3.63, 3.8) is 0 Å². The summed E-state index contributed by atoms with van der Waals surface area (Å²) in [7, 11) is 0. The molecule has 1 aromatic carbocycles. The summed E-state index contributed by atoms with van der Waals surface area (Å²) in [5.41, 5.74) is 2.26. The molecule has 0 bridgehead atoms. The number of anilines is 1. The molecule has 5 heteroatoms. The summed E-state index contributed by atoms with van der Waals surface area (Å²) in [4.78, 5) is 0. The van der Waals surface area contributed by atoms with E-state index >= 15 is 0 Å². The molecule has 0 amide bonds. The molecule has 2 N–H and O–H groups in total. The van der Waals surface area contributed by atoms with Gasteiger partial charge in [-0.2, -0.15) is 11.8 Å². The highest BCUT2D eigenvalue weighted by atomic mass is 32.2. The van der Waals surface area contributed by atoms with Crippen LogP contribution in [0.3, 0.4) is 0 Å². The maximum Gasteiger partial charge on any atom is 0.170 e. The van der Waals surface area contributed by atoms with Gasteiger partial charge in [-0.15, -0.1) is 0 Å². The molecule has 2 aromatic rings. The Bertz CT molecular complexity index is 538. The van der Waals surface area contributed by atoms with Crippen molar-refractivity contribution in [2.75, 3.05) is 17.6 Å². The fraction of sp³-hybridized carbons (Fsp3) is 0.312. The van der Waals surface area contributed by atoms with Crippen LogP contribution < -0.4 is 10.6 Å². The van der Waals surface area contributed by atoms with Gasteiger partial charge in [-0.3, -0.25) is 0 Å². The van der Waals surface area contributed by atoms with E-state index in [0.29, 0.717) is 5.11 Å². The molecule has 0 radical (unpaired) electrons. The molecule has 0 fully saturated rings. The molecule has 0 aliphatic carbocycles. The number of thiocarbonyl (C=S) groups is 1. The summed E-state index contributed by atoms with van der Waals surface area (Å²) in [5.74, 6) is 3.05. The predicted octanol–water partition coefficient (Wildman–Crippen LogP) is 4.20. The lowest BCUT2D eigenvalue weighted by Crippen LogP contribution is -2.29. The van der Waals surface area contributed by atoms with E-state index in [1.165, 1.54) is 5.56 Å². The fourth-order valence-electron chi connectivity index (χ4n) is 1.76. The van der Waals surface area contributed by atoms with Crippen molar-refractivity contribution in [1.82, 2.24) is 5.32 Å². The lowest BCUT2D eigenvalue weighted by Gasteiger charge is -2.10. The van der Waals surface area contributed by atoms with Crippen LogP contribution >= 0.6 is 24.0 Å². The first-order valence-corrected chi connectivity index (χ1v) is 8.52. The van der Waals surface area contributed by atoms with Crippen LogP contribution in [0.25, 0.3) is 0 Å². The average molecular weight is 320 g/mol. The molecule has 0 spiro atoms. The number of thioether (sulfide) groups is 1. The number of rotatable bonds is 7. The van der Waals surface area contributed by atoms with E-state index in [0.717, 1.165) is 35.9 Å². The monoisotopic (exact) mass is 320 g/mol. The molecule has 21 heavy (non-hydrogen) atoms. The lowest BCUT2D eigenvalue weighted by atomic mass is 10.2. The third-order valence-corrected chi connectivity index (χ3v) is 4.20. The summed E-state index contributed by atoms with van der Waals surface area (Å²) < 4.78 is 5.29. The van der Waals surface area contributed by atoms with Crippen molar-refractivity contribution in [2.45, 2.75) is 19.1 Å². The Balaban J connectivity index is 1.54. The number of hydrogen-bond donors (Lipinski definition) is 2. The van der Waals surface area contributed by atoms with E-state index in [1.54, 1.807) is 6.26 Å². The van der Waals surface area contributed by atoms with Crippen molar-refractivity contribution in [1.29, 1.82) is 0 Å². The fourth-order valence-corrected chi connectivity index (χ4v) is 2.83. The van der Waals surface area contributed by atoms with E-state index in [1.807, 2.05) is 36.0 Å². The van der Waals surface area contributed by atoms with Gasteiger partial charge in [0.1, 0.15) is 5.76 Å². The Labute approximate surface area is 135 Å². The van der Waals surface area contributed by atoms with Crippen LogP contribution in [0, 0.1) is 6.92 Å². The van der Waals surface area contributed by atoms with Crippen molar-refractivity contribution >= 4 is 34.8 Å². The second-order valence-electron chi connectivity index (χ2n) is 4.73. The predicted molar refractivity (Wildman–Crippen MR) is 94.9 cm³/mol. The molecular formula is C16H20N2OS2. The number of benzene rings is 1. The molecule has 0 unspecified atom stereocenters. The number of nitrogens with one attached hydrogen (secondary N) is 2. The van der Waals surface area contributed by atoms with Gasteiger partial charge in [0.25, 0.3) is 0 Å². The summed E-state index contributed by atoms with van der Waals surface area (Å²) in [6, 6.07) is 12.1. The first-order valence-electron chi connectivity index (χ1n) is 6.96. The lowest BCUT2D eigenvalue weighted by molar-refractivity contribution is 0.530. The summed E-state index contributed by atoms with van der Waals surface area (Å²) in [6.45, 7) is 2.95. The van der Waals surface area contributed by atoms with E-state index in [2.05, 4.69) is 29.7 Å². The zero-order valence-electron chi connectivity index (χ0n) is 12.1. The second kappa shape index (κ2) is 8.74. The van der Waals surface area contributed by atoms with Crippen LogP contribution in [0.1, 0.15) is 17.7 Å². The number of aryl methyl sites for hydroxylation is 1. The van der Waals surface area contributed by atoms with Gasteiger partial charge in [0.2, 0.25) is 0 Å². The molecule has 3 nitrogen and oxygen atoms in total. The maximum absolute atomic E-state index is 5.29. The molecule has 0 aliphatic rings. The quantitative estimate of drug-likeness (QED) is 0.591. The normalized spacial score (nSPS) is 10.3. The van der Waals surface area contributed by atoms with Gasteiger partial charge >= 0.3 is 0 Å². The molecule has 1 aromatic heterocycles. The van der Waals surface area contributed by atoms with E-state index in [-0.39, 0.29) is 0 Å². The van der Waals surface area contributed by atoms with Crippen LogP contribution in [0.2, 0.25) is 0 Å². The van der Waals surface area contributed by atoms with Gasteiger partial charge in [0.05, 0.1) is 12.0 Å². The molecule has 1 heterocycles. The van der Waals surface area contributed by atoms with Gasteiger partial charge in [-0.05, 0) is 55.6 Å². The minimum Gasteiger partial charge on any atom is -0.468 e. The van der Waals surface area contributed by atoms with Gasteiger partial charge in [0.15, 0.2) is 5.11 Å². The van der Waals surface area contributed by atoms with Gasteiger partial charge in [0, 0.05) is 12.2 Å². The van der Waals surface area contributed by atoms with Crippen molar-refractivity contribution in [3.05, 3.63) is 54.0 Å². The van der Waals surface area contributed by atoms with Crippen LogP contribution in [-0.2, 0) is 5.75 Å². The van der Waals surface area contributed by atoms with Crippen LogP contribution in [0.5, 0.6) is 0 Å². The number of hydrogen-bond acceptors (Lipinski definition) is 3. The number of furan rings is 1. The smallest absolute Gasteiger partial charge is 0.170 e. The maximum atomic E-state index is 5.29. The largest absolute Gasteiger partial charge is 0.468 e. The Morgan fingerprint density at radius 2 is 2.05 bits per heavy atom. The van der Waals surface area contributed by atoms with Crippen molar-refractivity contribution in [3.8, 4) is 0 Å². The topological polar surface area (TPSA) is 37.2 Å². The Hall–Kier alpha value is -1.46. The Kier molecular flexibility index (Phi) is 6.63. The van der Waals surface area contributed by atoms with E-state index in [9.17, 15) is 0 Å². The highest BCUT2D eigenvalue weighted by Gasteiger charge is 1.98. The standard InChI is InChI=1S/C16H20N2OS2/c1-13-5-7-14(8-6-13)18-16(20)17-9-3-11-21-12-15-4-2-10-19-15/h2,4-8,10H,3,9,11-12H2,1H3,(H2,17,18,20). The molecule has 0 atom stereocenters. The molecular weight excluding hydrogens is 300 g/mol. The van der Waals surface area contributed by atoms with E-state index < -0.39 is 0 Å². The summed E-state index contributed by atoms with van der Waals surface area (Å²) in [6.07, 6.45) is 2.79. The first kappa shape index (κ1) is 15.9. The van der Waals surface area contributed by atoms with Crippen LogP contribution in [-0.4, -0.2) is 17.4 Å². The Morgan fingerprint density at radius 1 is 1.24 bits per heavy atom. The van der Waals surface area contributed by atoms with E-state index in [4.69, 9.17) is 16.6 Å². The molecule has 0 saturated carbocycles. The highest BCUT2D eigenvalue weighted by Crippen LogP contribution is 2.13. The van der Waals surface area contributed by atoms with Gasteiger partial charge in [-0.1, -0.05) is 17.7 Å². The first-order chi connectivity index (χ1) is 10.2. The van der Waals surface area contributed by atoms with Gasteiger partial charge < -0.3 is 15.1 Å². The zero-order valence-corrected chi connectivity index (χ0v) is 13.7.